The predicted molar refractivity (Wildman–Crippen MR) is 88.6 cm³/mol. The molecule has 1 aromatic carbocycles. The highest BCUT2D eigenvalue weighted by Gasteiger charge is 2.21. The van der Waals surface area contributed by atoms with Crippen LogP contribution in [-0.4, -0.2) is 41.5 Å². The zero-order chi connectivity index (χ0) is 15.1. The molecule has 1 aliphatic rings. The van der Waals surface area contributed by atoms with Crippen LogP contribution in [0.2, 0.25) is 0 Å². The first-order valence-corrected chi connectivity index (χ1v) is 8.64. The minimum absolute atomic E-state index is 0.166. The number of Topliss-reactive ketones (excluding diaryl/α,β-unsaturated/α-hetero) is 1. The van der Waals surface area contributed by atoms with Crippen LogP contribution in [0.25, 0.3) is 0 Å². The number of aliphatic hydroxyl groups excluding tert-OH is 1. The van der Waals surface area contributed by atoms with Gasteiger partial charge < -0.3 is 5.11 Å². The van der Waals surface area contributed by atoms with E-state index in [0.717, 1.165) is 16.6 Å². The first-order chi connectivity index (χ1) is 10.2. The summed E-state index contributed by atoms with van der Waals surface area (Å²) in [6.45, 7) is 1.58. The Labute approximate surface area is 135 Å². The summed E-state index contributed by atoms with van der Waals surface area (Å²) in [6.07, 6.45) is 6.76. The van der Waals surface area contributed by atoms with Gasteiger partial charge in [-0.1, -0.05) is 53.4 Å². The molecule has 0 saturated heterocycles. The molecular weight excluding hydrogens is 330 g/mol. The van der Waals surface area contributed by atoms with E-state index in [1.165, 1.54) is 32.1 Å². The third-order valence-electron chi connectivity index (χ3n) is 4.28. The highest BCUT2D eigenvalue weighted by atomic mass is 79.9. The van der Waals surface area contributed by atoms with Crippen LogP contribution in [0, 0.1) is 0 Å². The van der Waals surface area contributed by atoms with Crippen molar-refractivity contribution in [3.63, 3.8) is 0 Å². The molecule has 21 heavy (non-hydrogen) atoms. The highest BCUT2D eigenvalue weighted by molar-refractivity contribution is 9.10. The summed E-state index contributed by atoms with van der Waals surface area (Å²) >= 11 is 3.44. The van der Waals surface area contributed by atoms with Crippen molar-refractivity contribution < 1.29 is 9.90 Å². The van der Waals surface area contributed by atoms with E-state index >= 15 is 0 Å². The van der Waals surface area contributed by atoms with Crippen molar-refractivity contribution in [1.29, 1.82) is 0 Å². The van der Waals surface area contributed by atoms with Gasteiger partial charge in [0, 0.05) is 35.6 Å². The van der Waals surface area contributed by atoms with Crippen LogP contribution in [0.5, 0.6) is 0 Å². The van der Waals surface area contributed by atoms with E-state index in [9.17, 15) is 9.90 Å². The monoisotopic (exact) mass is 353 g/mol. The second kappa shape index (κ2) is 8.66. The van der Waals surface area contributed by atoms with Gasteiger partial charge in [-0.05, 0) is 18.9 Å². The van der Waals surface area contributed by atoms with E-state index in [1.807, 2.05) is 24.3 Å². The first kappa shape index (κ1) is 16.7. The molecule has 1 fully saturated rings. The van der Waals surface area contributed by atoms with Crippen LogP contribution in [0.1, 0.15) is 48.9 Å². The molecule has 3 nitrogen and oxygen atoms in total. The Bertz CT molecular complexity index is 458. The van der Waals surface area contributed by atoms with Crippen LogP contribution in [0.15, 0.2) is 28.7 Å². The number of rotatable bonds is 7. The fourth-order valence-corrected chi connectivity index (χ4v) is 3.62. The summed E-state index contributed by atoms with van der Waals surface area (Å²) < 4.78 is 0.862. The second-order valence-electron chi connectivity index (χ2n) is 5.70. The third-order valence-corrected chi connectivity index (χ3v) is 4.97. The molecule has 1 N–H and O–H groups in total. The summed E-state index contributed by atoms with van der Waals surface area (Å²) in [7, 11) is 0. The van der Waals surface area contributed by atoms with E-state index in [-0.39, 0.29) is 12.4 Å². The molecule has 0 amide bonds. The number of aliphatic hydroxyl groups is 1. The molecule has 0 radical (unpaired) electrons. The largest absolute Gasteiger partial charge is 0.395 e. The average molecular weight is 354 g/mol. The van der Waals surface area contributed by atoms with Crippen molar-refractivity contribution in [2.24, 2.45) is 0 Å². The summed E-state index contributed by atoms with van der Waals surface area (Å²) in [4.78, 5) is 14.6. The fourth-order valence-electron chi connectivity index (χ4n) is 3.12. The van der Waals surface area contributed by atoms with Crippen molar-refractivity contribution in [1.82, 2.24) is 4.90 Å². The summed E-state index contributed by atoms with van der Waals surface area (Å²) in [5.74, 6) is 0.168. The SMILES string of the molecule is O=C(CCN(CCO)C1CCCCC1)c1ccccc1Br. The maximum absolute atomic E-state index is 12.3. The standard InChI is InChI=1S/C17H24BrNO2/c18-16-9-5-4-8-15(16)17(21)10-11-19(12-13-20)14-6-2-1-3-7-14/h4-5,8-9,14,20H,1-3,6-7,10-13H2. The van der Waals surface area contributed by atoms with Gasteiger partial charge in [-0.25, -0.2) is 0 Å². The van der Waals surface area contributed by atoms with E-state index in [0.29, 0.717) is 19.0 Å². The summed E-state index contributed by atoms with van der Waals surface area (Å²) in [5, 5.41) is 9.26. The van der Waals surface area contributed by atoms with Crippen LogP contribution in [0.4, 0.5) is 0 Å². The topological polar surface area (TPSA) is 40.5 Å². The number of nitrogens with zero attached hydrogens (tertiary/aromatic N) is 1. The Balaban J connectivity index is 1.91. The van der Waals surface area contributed by atoms with Crippen molar-refractivity contribution in [2.75, 3.05) is 19.7 Å². The van der Waals surface area contributed by atoms with Gasteiger partial charge in [0.15, 0.2) is 5.78 Å². The van der Waals surface area contributed by atoms with Crippen molar-refractivity contribution in [3.05, 3.63) is 34.3 Å². The van der Waals surface area contributed by atoms with E-state index in [4.69, 9.17) is 0 Å². The first-order valence-electron chi connectivity index (χ1n) is 7.85. The van der Waals surface area contributed by atoms with Gasteiger partial charge in [-0.2, -0.15) is 0 Å². The van der Waals surface area contributed by atoms with Crippen molar-refractivity contribution in [3.8, 4) is 0 Å². The lowest BCUT2D eigenvalue weighted by atomic mass is 9.94. The van der Waals surface area contributed by atoms with Crippen LogP contribution in [-0.2, 0) is 0 Å². The molecule has 116 valence electrons. The summed E-state index contributed by atoms with van der Waals surface area (Å²) in [6, 6.07) is 8.12. The van der Waals surface area contributed by atoms with Crippen LogP contribution < -0.4 is 0 Å². The Kier molecular flexibility index (Phi) is 6.87. The Morgan fingerprint density at radius 3 is 2.57 bits per heavy atom. The zero-order valence-corrected chi connectivity index (χ0v) is 14.0. The molecule has 1 aliphatic carbocycles. The number of hydrogen-bond acceptors (Lipinski definition) is 3. The lowest BCUT2D eigenvalue weighted by Gasteiger charge is -2.33. The highest BCUT2D eigenvalue weighted by Crippen LogP contribution is 2.23. The average Bonchev–Trinajstić information content (AvgIpc) is 2.52. The van der Waals surface area contributed by atoms with E-state index in [1.54, 1.807) is 0 Å². The van der Waals surface area contributed by atoms with Gasteiger partial charge in [0.2, 0.25) is 0 Å². The van der Waals surface area contributed by atoms with Gasteiger partial charge >= 0.3 is 0 Å². The van der Waals surface area contributed by atoms with Crippen molar-refractivity contribution in [2.45, 2.75) is 44.6 Å². The molecule has 1 aromatic rings. The maximum Gasteiger partial charge on any atom is 0.165 e. The molecule has 0 unspecified atom stereocenters. The number of hydrogen-bond donors (Lipinski definition) is 1. The molecule has 0 aromatic heterocycles. The summed E-state index contributed by atoms with van der Waals surface area (Å²) in [5.41, 5.74) is 0.755. The molecule has 4 heteroatoms. The zero-order valence-electron chi connectivity index (χ0n) is 12.4. The van der Waals surface area contributed by atoms with Gasteiger partial charge in [0.25, 0.3) is 0 Å². The molecule has 2 rings (SSSR count). The molecule has 1 saturated carbocycles. The van der Waals surface area contributed by atoms with E-state index in [2.05, 4.69) is 20.8 Å². The molecule has 0 aliphatic heterocycles. The Hall–Kier alpha value is -0.710. The molecule has 0 bridgehead atoms. The van der Waals surface area contributed by atoms with Gasteiger partial charge in [-0.3, -0.25) is 9.69 Å². The van der Waals surface area contributed by atoms with Crippen LogP contribution >= 0.6 is 15.9 Å². The normalized spacial score (nSPS) is 16.3. The predicted octanol–water partition coefficient (Wildman–Crippen LogP) is 3.65. The lowest BCUT2D eigenvalue weighted by molar-refractivity contribution is 0.0903. The van der Waals surface area contributed by atoms with Gasteiger partial charge in [0.05, 0.1) is 6.61 Å². The minimum Gasteiger partial charge on any atom is -0.395 e. The lowest BCUT2D eigenvalue weighted by Crippen LogP contribution is -2.40. The molecular formula is C17H24BrNO2. The number of halogens is 1. The van der Waals surface area contributed by atoms with Gasteiger partial charge in [0.1, 0.15) is 0 Å². The third kappa shape index (κ3) is 4.90. The number of ketones is 1. The fraction of sp³-hybridized carbons (Fsp3) is 0.588. The quantitative estimate of drug-likeness (QED) is 0.760. The molecule has 0 spiro atoms. The Morgan fingerprint density at radius 1 is 1.19 bits per heavy atom. The number of carbonyl (C=O) groups excluding carboxylic acids is 1. The maximum atomic E-state index is 12.3. The Morgan fingerprint density at radius 2 is 1.90 bits per heavy atom. The number of carbonyl (C=O) groups is 1. The van der Waals surface area contributed by atoms with E-state index < -0.39 is 0 Å². The minimum atomic E-state index is 0.166. The smallest absolute Gasteiger partial charge is 0.165 e. The molecule has 0 heterocycles. The van der Waals surface area contributed by atoms with Crippen molar-refractivity contribution >= 4 is 21.7 Å². The van der Waals surface area contributed by atoms with Gasteiger partial charge in [-0.15, -0.1) is 0 Å². The number of benzene rings is 1. The van der Waals surface area contributed by atoms with Crippen LogP contribution in [0.3, 0.4) is 0 Å². The second-order valence-corrected chi connectivity index (χ2v) is 6.56. The molecule has 0 atom stereocenters.